The van der Waals surface area contributed by atoms with Crippen molar-refractivity contribution in [1.82, 2.24) is 25.9 Å². The number of nitrogens with one attached hydrogen (secondary N) is 3. The van der Waals surface area contributed by atoms with E-state index < -0.39 is 47.0 Å². The topological polar surface area (TPSA) is 183 Å². The molecule has 1 rings (SSSR count). The second kappa shape index (κ2) is 15.5. The van der Waals surface area contributed by atoms with Crippen LogP contribution < -0.4 is 20.7 Å². The minimum Gasteiger partial charge on any atom is -0.488 e. The Morgan fingerprint density at radius 2 is 1.59 bits per heavy atom. The number of hydrogen-bond donors (Lipinski definition) is 4. The maximum absolute atomic E-state index is 12.8. The lowest BCUT2D eigenvalue weighted by atomic mass is 10.0. The van der Waals surface area contributed by atoms with Crippen LogP contribution in [0.25, 0.3) is 0 Å². The summed E-state index contributed by atoms with van der Waals surface area (Å²) in [4.78, 5) is 49.3. The molecule has 0 saturated carbocycles. The molecule has 232 valence electrons. The lowest BCUT2D eigenvalue weighted by Gasteiger charge is -2.29. The monoisotopic (exact) mass is 582 g/mol. The highest BCUT2D eigenvalue weighted by atomic mass is 16.6. The number of rotatable bonds is 11. The zero-order valence-electron chi connectivity index (χ0n) is 25.8. The van der Waals surface area contributed by atoms with Crippen molar-refractivity contribution in [2.45, 2.75) is 104 Å². The minimum atomic E-state index is -1.13. The van der Waals surface area contributed by atoms with Crippen molar-refractivity contribution in [1.29, 1.82) is 0 Å². The van der Waals surface area contributed by atoms with Gasteiger partial charge in [0, 0.05) is 13.7 Å². The van der Waals surface area contributed by atoms with E-state index >= 15 is 0 Å². The highest BCUT2D eigenvalue weighted by molar-refractivity contribution is 5.98. The summed E-state index contributed by atoms with van der Waals surface area (Å²) >= 11 is 0. The molecule has 1 aromatic heterocycles. The van der Waals surface area contributed by atoms with Crippen LogP contribution >= 0.6 is 0 Å². The fourth-order valence-electron chi connectivity index (χ4n) is 2.97. The number of aliphatic imine (C=N–C) groups is 1. The number of aliphatic hydroxyl groups is 1. The maximum Gasteiger partial charge on any atom is 0.437 e. The molecule has 4 N–H and O–H groups in total. The van der Waals surface area contributed by atoms with Gasteiger partial charge in [0.05, 0.1) is 18.4 Å². The average molecular weight is 583 g/mol. The summed E-state index contributed by atoms with van der Waals surface area (Å²) in [6.45, 7) is 15.2. The summed E-state index contributed by atoms with van der Waals surface area (Å²) in [5.41, 5.74) is -2.69. The van der Waals surface area contributed by atoms with Crippen LogP contribution in [-0.4, -0.2) is 88.3 Å². The lowest BCUT2D eigenvalue weighted by molar-refractivity contribution is -0.141. The normalized spacial score (nSPS) is 14.0. The van der Waals surface area contributed by atoms with Crippen molar-refractivity contribution in [3.05, 3.63) is 18.2 Å². The van der Waals surface area contributed by atoms with Gasteiger partial charge in [-0.3, -0.25) is 10.1 Å². The van der Waals surface area contributed by atoms with E-state index in [2.05, 4.69) is 30.9 Å². The van der Waals surface area contributed by atoms with Gasteiger partial charge < -0.3 is 34.7 Å². The van der Waals surface area contributed by atoms with Crippen LogP contribution in [0.5, 0.6) is 5.75 Å². The first-order valence-corrected chi connectivity index (χ1v) is 13.3. The third-order valence-corrected chi connectivity index (χ3v) is 5.22. The molecule has 0 aliphatic rings. The van der Waals surface area contributed by atoms with Crippen molar-refractivity contribution in [3.63, 3.8) is 0 Å². The number of ether oxygens (including phenoxy) is 4. The van der Waals surface area contributed by atoms with Crippen molar-refractivity contribution < 1.29 is 38.4 Å². The van der Waals surface area contributed by atoms with Crippen molar-refractivity contribution in [3.8, 4) is 5.75 Å². The molecule has 0 bridgehead atoms. The summed E-state index contributed by atoms with van der Waals surface area (Å²) in [5.74, 6) is 0.357. The predicted molar refractivity (Wildman–Crippen MR) is 152 cm³/mol. The number of nitrogens with zero attached hydrogens (tertiary/aromatic N) is 3. The maximum atomic E-state index is 12.8. The van der Waals surface area contributed by atoms with E-state index in [0.29, 0.717) is 24.4 Å². The molecule has 0 aliphatic heterocycles. The molecule has 0 aliphatic carbocycles. The van der Waals surface area contributed by atoms with Crippen LogP contribution in [0.1, 0.15) is 74.1 Å². The third-order valence-electron chi connectivity index (χ3n) is 5.22. The van der Waals surface area contributed by atoms with Gasteiger partial charge in [0.15, 0.2) is 5.75 Å². The fourth-order valence-corrected chi connectivity index (χ4v) is 2.97. The number of aryl methyl sites for hydroxylation is 1. The molecular formula is C27H46N6O8. The predicted octanol–water partition coefficient (Wildman–Crippen LogP) is 2.62. The summed E-state index contributed by atoms with van der Waals surface area (Å²) in [7, 11) is 1.42. The SMILES string of the molecule is COC(C)(C)C(=O)NC(CCCNC(=NC(=O)OC(C)(C)C)NC(=O)OC(C)(C)C)C(O)COc1cnc(C)nc1. The average Bonchev–Trinajstić information content (AvgIpc) is 2.82. The molecule has 0 saturated heterocycles. The first-order chi connectivity index (χ1) is 18.8. The van der Waals surface area contributed by atoms with Gasteiger partial charge in [-0.25, -0.2) is 19.6 Å². The zero-order chi connectivity index (χ0) is 31.4. The van der Waals surface area contributed by atoms with Crippen molar-refractivity contribution >= 4 is 24.1 Å². The molecule has 0 radical (unpaired) electrons. The van der Waals surface area contributed by atoms with E-state index in [1.165, 1.54) is 19.5 Å². The summed E-state index contributed by atoms with van der Waals surface area (Å²) in [6, 6.07) is -0.727. The van der Waals surface area contributed by atoms with E-state index in [4.69, 9.17) is 18.9 Å². The number of amides is 3. The Morgan fingerprint density at radius 3 is 2.12 bits per heavy atom. The minimum absolute atomic E-state index is 0.135. The second-order valence-electron chi connectivity index (χ2n) is 11.8. The molecule has 1 aromatic rings. The van der Waals surface area contributed by atoms with E-state index in [0.717, 1.165) is 0 Å². The van der Waals surface area contributed by atoms with Crippen LogP contribution in [0.4, 0.5) is 9.59 Å². The van der Waals surface area contributed by atoms with Gasteiger partial charge in [0.2, 0.25) is 5.96 Å². The number of carbonyl (C=O) groups excluding carboxylic acids is 3. The van der Waals surface area contributed by atoms with Gasteiger partial charge in [-0.05, 0) is 75.2 Å². The van der Waals surface area contributed by atoms with Crippen LogP contribution in [0.3, 0.4) is 0 Å². The van der Waals surface area contributed by atoms with E-state index in [9.17, 15) is 19.5 Å². The molecule has 41 heavy (non-hydrogen) atoms. The number of guanidine groups is 1. The Bertz CT molecular complexity index is 1030. The smallest absolute Gasteiger partial charge is 0.437 e. The highest BCUT2D eigenvalue weighted by Crippen LogP contribution is 2.13. The number of methoxy groups -OCH3 is 1. The standard InChI is InChI=1S/C27H46N6O8/c1-17-29-14-18(15-30-17)39-16-20(34)19(31-21(35)27(8,9)38-10)12-11-13-28-22(32-23(36)40-25(2,3)4)33-24(37)41-26(5,6)7/h14-15,19-20,34H,11-13,16H2,1-10H3,(H,31,35)(H2,28,32,33,36,37). The Kier molecular flexibility index (Phi) is 13.4. The van der Waals surface area contributed by atoms with Crippen molar-refractivity contribution in [2.75, 3.05) is 20.3 Å². The second-order valence-corrected chi connectivity index (χ2v) is 11.8. The van der Waals surface area contributed by atoms with Gasteiger partial charge in [-0.1, -0.05) is 0 Å². The van der Waals surface area contributed by atoms with E-state index in [-0.39, 0.29) is 19.1 Å². The Hall–Kier alpha value is -3.52. The van der Waals surface area contributed by atoms with Gasteiger partial charge >= 0.3 is 12.2 Å². The number of hydrogen-bond acceptors (Lipinski definition) is 10. The molecule has 14 nitrogen and oxygen atoms in total. The quantitative estimate of drug-likeness (QED) is 0.171. The van der Waals surface area contributed by atoms with E-state index in [1.54, 1.807) is 62.3 Å². The Balaban J connectivity index is 2.92. The molecule has 3 amide bonds. The number of carbonyl (C=O) groups is 3. The van der Waals surface area contributed by atoms with Crippen LogP contribution in [0.2, 0.25) is 0 Å². The summed E-state index contributed by atoms with van der Waals surface area (Å²) in [5, 5.41) is 19.0. The van der Waals surface area contributed by atoms with Crippen LogP contribution in [-0.2, 0) is 19.0 Å². The number of aromatic nitrogens is 2. The van der Waals surface area contributed by atoms with Gasteiger partial charge in [-0.2, -0.15) is 0 Å². The molecule has 2 atom stereocenters. The summed E-state index contributed by atoms with van der Waals surface area (Å²) in [6.07, 6.45) is 0.838. The van der Waals surface area contributed by atoms with Crippen LogP contribution in [0.15, 0.2) is 17.4 Å². The fraction of sp³-hybridized carbons (Fsp3) is 0.704. The largest absolute Gasteiger partial charge is 0.488 e. The Labute approximate surface area is 242 Å². The Morgan fingerprint density at radius 1 is 1.00 bits per heavy atom. The van der Waals surface area contributed by atoms with Gasteiger partial charge in [0.25, 0.3) is 5.91 Å². The van der Waals surface area contributed by atoms with Crippen molar-refractivity contribution in [2.24, 2.45) is 4.99 Å². The molecular weight excluding hydrogens is 536 g/mol. The van der Waals surface area contributed by atoms with Gasteiger partial charge in [0.1, 0.15) is 35.3 Å². The number of alkyl carbamates (subject to hydrolysis) is 1. The van der Waals surface area contributed by atoms with Gasteiger partial charge in [-0.15, -0.1) is 4.99 Å². The molecule has 0 aromatic carbocycles. The van der Waals surface area contributed by atoms with Crippen LogP contribution in [0, 0.1) is 6.92 Å². The molecule has 1 heterocycles. The number of aliphatic hydroxyl groups excluding tert-OH is 1. The molecule has 0 fully saturated rings. The molecule has 14 heteroatoms. The first kappa shape index (κ1) is 35.5. The lowest BCUT2D eigenvalue weighted by Crippen LogP contribution is -2.53. The molecule has 0 spiro atoms. The van der Waals surface area contributed by atoms with E-state index in [1.807, 2.05) is 0 Å². The third kappa shape index (κ3) is 15.2. The highest BCUT2D eigenvalue weighted by Gasteiger charge is 2.31. The molecule has 2 unspecified atom stereocenters. The summed E-state index contributed by atoms with van der Waals surface area (Å²) < 4.78 is 21.3. The zero-order valence-corrected chi connectivity index (χ0v) is 25.8. The first-order valence-electron chi connectivity index (χ1n) is 13.3.